The molecule has 0 amide bonds. The maximum Gasteiger partial charge on any atom is 0.338 e. The molecule has 1 aromatic carbocycles. The molecule has 2 saturated heterocycles. The second-order valence-corrected chi connectivity index (χ2v) is 9.72. The van der Waals surface area contributed by atoms with E-state index in [-0.39, 0.29) is 5.97 Å². The maximum atomic E-state index is 11.8. The third-order valence-electron chi connectivity index (χ3n) is 7.14. The second kappa shape index (κ2) is 7.59. The zero-order valence-corrected chi connectivity index (χ0v) is 18.4. The van der Waals surface area contributed by atoms with E-state index in [1.807, 2.05) is 19.9 Å². The summed E-state index contributed by atoms with van der Waals surface area (Å²) in [6, 6.07) is 3.68. The Bertz CT molecular complexity index is 967. The summed E-state index contributed by atoms with van der Waals surface area (Å²) in [6.07, 6.45) is 2.96. The lowest BCUT2D eigenvalue weighted by molar-refractivity contribution is 0.0534. The number of cyclic esters (lactones) is 1. The molecule has 5 rings (SSSR count). The van der Waals surface area contributed by atoms with Gasteiger partial charge in [-0.1, -0.05) is 6.07 Å². The number of fused-ring (bicyclic) bond motifs is 1. The lowest BCUT2D eigenvalue weighted by Gasteiger charge is -2.40. The molecule has 0 unspecified atom stereocenters. The summed E-state index contributed by atoms with van der Waals surface area (Å²) in [6.45, 7) is 9.01. The fourth-order valence-corrected chi connectivity index (χ4v) is 5.90. The first-order valence-corrected chi connectivity index (χ1v) is 11.5. The van der Waals surface area contributed by atoms with Crippen LogP contribution in [0.3, 0.4) is 0 Å². The zero-order chi connectivity index (χ0) is 20.9. The van der Waals surface area contributed by atoms with Crippen molar-refractivity contribution in [3.8, 4) is 0 Å². The molecule has 3 aliphatic heterocycles. The van der Waals surface area contributed by atoms with Gasteiger partial charge in [-0.2, -0.15) is 4.37 Å². The van der Waals surface area contributed by atoms with Crippen LogP contribution >= 0.6 is 11.5 Å². The van der Waals surface area contributed by atoms with Crippen LogP contribution in [0, 0.1) is 19.3 Å². The number of aliphatic hydroxyl groups is 1. The highest BCUT2D eigenvalue weighted by molar-refractivity contribution is 7.09. The van der Waals surface area contributed by atoms with Crippen LogP contribution < -0.4 is 4.90 Å². The minimum Gasteiger partial charge on any atom is -0.457 e. The van der Waals surface area contributed by atoms with Crippen LogP contribution in [-0.2, 0) is 11.3 Å². The number of aryl methyl sites for hydroxylation is 1. The smallest absolute Gasteiger partial charge is 0.338 e. The molecule has 1 atom stereocenters. The van der Waals surface area contributed by atoms with E-state index >= 15 is 0 Å². The van der Waals surface area contributed by atoms with Crippen molar-refractivity contribution in [2.75, 3.05) is 37.6 Å². The molecule has 1 N–H and O–H groups in total. The molecule has 2 fully saturated rings. The van der Waals surface area contributed by atoms with E-state index in [0.717, 1.165) is 66.7 Å². The predicted octanol–water partition coefficient (Wildman–Crippen LogP) is 2.85. The van der Waals surface area contributed by atoms with Crippen LogP contribution in [0.15, 0.2) is 12.1 Å². The Labute approximate surface area is 180 Å². The molecule has 0 saturated carbocycles. The Morgan fingerprint density at radius 3 is 2.73 bits per heavy atom. The number of piperidine rings is 1. The molecule has 160 valence electrons. The van der Waals surface area contributed by atoms with Gasteiger partial charge in [0.1, 0.15) is 12.4 Å². The van der Waals surface area contributed by atoms with Gasteiger partial charge in [0.05, 0.1) is 11.7 Å². The quantitative estimate of drug-likeness (QED) is 0.750. The number of nitrogens with zero attached hydrogens (tertiary/aromatic N) is 4. The molecular formula is C22H28N4O3S. The SMILES string of the molecule is Cc1nsc(N2CCC3(CCN(C[C@H](O)c4ccc5c(c4C)COC5=O)CC3)C2)n1. The number of esters is 1. The summed E-state index contributed by atoms with van der Waals surface area (Å²) in [7, 11) is 0. The summed E-state index contributed by atoms with van der Waals surface area (Å²) < 4.78 is 9.47. The zero-order valence-electron chi connectivity index (χ0n) is 17.6. The summed E-state index contributed by atoms with van der Waals surface area (Å²) in [5, 5.41) is 12.0. The lowest BCUT2D eigenvalue weighted by atomic mass is 9.77. The van der Waals surface area contributed by atoms with Crippen molar-refractivity contribution in [3.05, 3.63) is 40.2 Å². The van der Waals surface area contributed by atoms with Crippen molar-refractivity contribution in [2.24, 2.45) is 5.41 Å². The maximum absolute atomic E-state index is 11.8. The molecule has 2 aromatic rings. The number of rotatable bonds is 4. The van der Waals surface area contributed by atoms with E-state index in [9.17, 15) is 9.90 Å². The topological polar surface area (TPSA) is 78.8 Å². The number of aromatic nitrogens is 2. The number of hydrogen-bond acceptors (Lipinski definition) is 8. The lowest BCUT2D eigenvalue weighted by Crippen LogP contribution is -2.43. The summed E-state index contributed by atoms with van der Waals surface area (Å²) in [5.74, 6) is 0.599. The van der Waals surface area contributed by atoms with Gasteiger partial charge < -0.3 is 19.6 Å². The molecule has 0 radical (unpaired) electrons. The standard InChI is InChI=1S/C22H28N4O3S/c1-14-16(3-4-17-18(14)12-29-20(17)28)19(27)11-25-8-5-22(6-9-25)7-10-26(13-22)21-23-15(2)24-30-21/h3-4,19,27H,5-13H2,1-2H3/t19-/m0/s1. The van der Waals surface area contributed by atoms with Crippen molar-refractivity contribution in [2.45, 2.75) is 45.8 Å². The van der Waals surface area contributed by atoms with E-state index in [1.54, 1.807) is 6.07 Å². The van der Waals surface area contributed by atoms with Crippen molar-refractivity contribution in [1.82, 2.24) is 14.3 Å². The van der Waals surface area contributed by atoms with Crippen LogP contribution in [0.25, 0.3) is 0 Å². The van der Waals surface area contributed by atoms with E-state index in [0.29, 0.717) is 24.1 Å². The highest BCUT2D eigenvalue weighted by atomic mass is 32.1. The predicted molar refractivity (Wildman–Crippen MR) is 115 cm³/mol. The Morgan fingerprint density at radius 2 is 2.00 bits per heavy atom. The van der Waals surface area contributed by atoms with Crippen molar-refractivity contribution in [3.63, 3.8) is 0 Å². The Kier molecular flexibility index (Phi) is 5.03. The molecule has 8 heteroatoms. The number of aliphatic hydroxyl groups excluding tert-OH is 1. The molecule has 7 nitrogen and oxygen atoms in total. The first-order valence-electron chi connectivity index (χ1n) is 10.7. The molecule has 0 bridgehead atoms. The fraction of sp³-hybridized carbons (Fsp3) is 0.591. The highest BCUT2D eigenvalue weighted by Gasteiger charge is 2.41. The third-order valence-corrected chi connectivity index (χ3v) is 8.01. The van der Waals surface area contributed by atoms with Gasteiger partial charge in [-0.15, -0.1) is 0 Å². The summed E-state index contributed by atoms with van der Waals surface area (Å²) in [4.78, 5) is 21.1. The molecule has 3 aliphatic rings. The van der Waals surface area contributed by atoms with Crippen LogP contribution in [0.2, 0.25) is 0 Å². The molecular weight excluding hydrogens is 400 g/mol. The number of β-amino-alcohol motifs (C(OH)–C–C–N with tert-alkyl or cyclic N) is 1. The van der Waals surface area contributed by atoms with E-state index < -0.39 is 6.10 Å². The van der Waals surface area contributed by atoms with Gasteiger partial charge in [0, 0.05) is 36.7 Å². The summed E-state index contributed by atoms with van der Waals surface area (Å²) in [5.41, 5.74) is 3.82. The molecule has 0 aliphatic carbocycles. The van der Waals surface area contributed by atoms with Gasteiger partial charge in [0.2, 0.25) is 5.13 Å². The number of carbonyl (C=O) groups is 1. The van der Waals surface area contributed by atoms with Crippen LogP contribution in [0.5, 0.6) is 0 Å². The minimum absolute atomic E-state index is 0.259. The average molecular weight is 429 g/mol. The highest BCUT2D eigenvalue weighted by Crippen LogP contribution is 2.42. The minimum atomic E-state index is -0.551. The third kappa shape index (κ3) is 3.50. The van der Waals surface area contributed by atoms with Crippen LogP contribution in [-0.4, -0.2) is 58.1 Å². The fourth-order valence-electron chi connectivity index (χ4n) is 5.20. The van der Waals surface area contributed by atoms with Crippen LogP contribution in [0.4, 0.5) is 5.13 Å². The van der Waals surface area contributed by atoms with Gasteiger partial charge in [-0.3, -0.25) is 0 Å². The molecule has 4 heterocycles. The normalized spacial score (nSPS) is 21.8. The number of likely N-dealkylation sites (tertiary alicyclic amines) is 1. The molecule has 30 heavy (non-hydrogen) atoms. The van der Waals surface area contributed by atoms with E-state index in [2.05, 4.69) is 19.2 Å². The Balaban J connectivity index is 1.19. The van der Waals surface area contributed by atoms with E-state index in [1.165, 1.54) is 18.0 Å². The van der Waals surface area contributed by atoms with Gasteiger partial charge in [-0.05, 0) is 68.8 Å². The van der Waals surface area contributed by atoms with Crippen molar-refractivity contribution >= 4 is 22.6 Å². The Morgan fingerprint density at radius 1 is 1.23 bits per heavy atom. The largest absolute Gasteiger partial charge is 0.457 e. The van der Waals surface area contributed by atoms with Crippen LogP contribution in [0.1, 0.15) is 58.2 Å². The van der Waals surface area contributed by atoms with Gasteiger partial charge in [0.15, 0.2) is 0 Å². The van der Waals surface area contributed by atoms with Crippen molar-refractivity contribution in [1.29, 1.82) is 0 Å². The summed E-state index contributed by atoms with van der Waals surface area (Å²) >= 11 is 1.50. The molecule has 1 aromatic heterocycles. The monoisotopic (exact) mass is 428 g/mol. The van der Waals surface area contributed by atoms with Gasteiger partial charge >= 0.3 is 5.97 Å². The average Bonchev–Trinajstić information content (AvgIpc) is 3.44. The van der Waals surface area contributed by atoms with Gasteiger partial charge in [0.25, 0.3) is 0 Å². The molecule has 1 spiro atoms. The Hall–Kier alpha value is -2.03. The first kappa shape index (κ1) is 19.9. The number of benzene rings is 1. The number of anilines is 1. The number of carbonyl (C=O) groups excluding carboxylic acids is 1. The second-order valence-electron chi connectivity index (χ2n) is 8.99. The first-order chi connectivity index (χ1) is 14.4. The van der Waals surface area contributed by atoms with E-state index in [4.69, 9.17) is 4.74 Å². The number of ether oxygens (including phenoxy) is 1. The number of hydrogen-bond donors (Lipinski definition) is 1. The van der Waals surface area contributed by atoms with Crippen molar-refractivity contribution < 1.29 is 14.6 Å². The van der Waals surface area contributed by atoms with Gasteiger partial charge in [-0.25, -0.2) is 9.78 Å².